The molecule has 0 aromatic heterocycles. The minimum Gasteiger partial charge on any atom is -0.349 e. The molecule has 0 unspecified atom stereocenters. The molecule has 0 radical (unpaired) electrons. The SMILES string of the molecule is CCC(OC(C)(C)C)(OC(C)(C)C)[SiH2]CC[SiH2]C(CC)(OC(C)(C)C)OC(C)(C)C. The van der Waals surface area contributed by atoms with Crippen LogP contribution in [0.4, 0.5) is 0 Å². The normalized spacial score (nSPS) is 15.8. The molecule has 0 amide bonds. The molecular formula is C24H54O4Si2. The Morgan fingerprint density at radius 3 is 0.767 bits per heavy atom. The largest absolute Gasteiger partial charge is 0.349 e. The third-order valence-electron chi connectivity index (χ3n) is 4.41. The van der Waals surface area contributed by atoms with Crippen LogP contribution in [0.5, 0.6) is 0 Å². The van der Waals surface area contributed by atoms with Crippen LogP contribution in [0, 0.1) is 0 Å². The van der Waals surface area contributed by atoms with E-state index in [9.17, 15) is 0 Å². The van der Waals surface area contributed by atoms with E-state index in [-0.39, 0.29) is 22.4 Å². The van der Waals surface area contributed by atoms with Crippen molar-refractivity contribution in [2.24, 2.45) is 0 Å². The van der Waals surface area contributed by atoms with Crippen LogP contribution in [0.1, 0.15) is 110 Å². The monoisotopic (exact) mass is 462 g/mol. The van der Waals surface area contributed by atoms with Crippen LogP contribution in [0.2, 0.25) is 12.1 Å². The van der Waals surface area contributed by atoms with Gasteiger partial charge in [-0.2, -0.15) is 0 Å². The van der Waals surface area contributed by atoms with Crippen molar-refractivity contribution in [1.29, 1.82) is 0 Å². The van der Waals surface area contributed by atoms with Crippen molar-refractivity contribution in [3.8, 4) is 0 Å². The lowest BCUT2D eigenvalue weighted by Crippen LogP contribution is -2.52. The Kier molecular flexibility index (Phi) is 11.0. The van der Waals surface area contributed by atoms with E-state index in [4.69, 9.17) is 18.9 Å². The molecule has 0 saturated carbocycles. The molecule has 0 aliphatic heterocycles. The highest BCUT2D eigenvalue weighted by Crippen LogP contribution is 2.33. The summed E-state index contributed by atoms with van der Waals surface area (Å²) in [5.41, 5.74) is -1.72. The number of hydrogen-bond donors (Lipinski definition) is 0. The first-order valence-electron chi connectivity index (χ1n) is 12.0. The van der Waals surface area contributed by atoms with Gasteiger partial charge in [0.05, 0.1) is 41.4 Å². The minimum absolute atomic E-state index is 0.219. The van der Waals surface area contributed by atoms with Gasteiger partial charge in [-0.05, 0) is 95.9 Å². The highest BCUT2D eigenvalue weighted by Gasteiger charge is 2.40. The third-order valence-corrected chi connectivity index (χ3v) is 10.2. The average molecular weight is 463 g/mol. The molecule has 0 saturated heterocycles. The van der Waals surface area contributed by atoms with Gasteiger partial charge >= 0.3 is 0 Å². The van der Waals surface area contributed by atoms with Crippen LogP contribution in [0.25, 0.3) is 0 Å². The number of ether oxygens (including phenoxy) is 4. The Labute approximate surface area is 193 Å². The molecule has 0 bridgehead atoms. The van der Waals surface area contributed by atoms with Gasteiger partial charge in [-0.1, -0.05) is 25.9 Å². The van der Waals surface area contributed by atoms with Gasteiger partial charge < -0.3 is 18.9 Å². The Morgan fingerprint density at radius 2 is 0.633 bits per heavy atom. The lowest BCUT2D eigenvalue weighted by molar-refractivity contribution is -0.268. The van der Waals surface area contributed by atoms with E-state index in [1.807, 2.05) is 0 Å². The van der Waals surface area contributed by atoms with Crippen molar-refractivity contribution in [1.82, 2.24) is 0 Å². The van der Waals surface area contributed by atoms with Crippen LogP contribution in [0.3, 0.4) is 0 Å². The van der Waals surface area contributed by atoms with Crippen molar-refractivity contribution in [3.63, 3.8) is 0 Å². The Morgan fingerprint density at radius 1 is 0.433 bits per heavy atom. The van der Waals surface area contributed by atoms with Gasteiger partial charge in [0, 0.05) is 0 Å². The van der Waals surface area contributed by atoms with E-state index in [1.165, 1.54) is 12.1 Å². The summed E-state index contributed by atoms with van der Waals surface area (Å²) in [4.78, 5) is 0. The van der Waals surface area contributed by atoms with Gasteiger partial charge in [-0.15, -0.1) is 0 Å². The summed E-state index contributed by atoms with van der Waals surface area (Å²) in [6.07, 6.45) is 1.79. The number of rotatable bonds is 11. The Balaban J connectivity index is 5.36. The molecule has 0 heterocycles. The summed E-state index contributed by atoms with van der Waals surface area (Å²) in [6, 6.07) is 2.38. The molecule has 0 fully saturated rings. The maximum absolute atomic E-state index is 6.56. The van der Waals surface area contributed by atoms with Crippen LogP contribution >= 0.6 is 0 Å². The Bertz CT molecular complexity index is 415. The van der Waals surface area contributed by atoms with Crippen LogP contribution in [-0.2, 0) is 18.9 Å². The topological polar surface area (TPSA) is 36.9 Å². The zero-order valence-electron chi connectivity index (χ0n) is 22.9. The lowest BCUT2D eigenvalue weighted by Gasteiger charge is -2.44. The van der Waals surface area contributed by atoms with Crippen molar-refractivity contribution >= 4 is 19.0 Å². The molecule has 0 atom stereocenters. The zero-order chi connectivity index (χ0) is 24.1. The summed E-state index contributed by atoms with van der Waals surface area (Å²) in [5.74, 6) is 0. The minimum atomic E-state index is -0.622. The van der Waals surface area contributed by atoms with Crippen molar-refractivity contribution in [2.75, 3.05) is 0 Å². The predicted octanol–water partition coefficient (Wildman–Crippen LogP) is 5.55. The van der Waals surface area contributed by atoms with Crippen molar-refractivity contribution < 1.29 is 18.9 Å². The second-order valence-corrected chi connectivity index (χ2v) is 17.2. The summed E-state index contributed by atoms with van der Waals surface area (Å²) < 4.78 is 26.3. The average Bonchev–Trinajstić information content (AvgIpc) is 2.45. The first-order chi connectivity index (χ1) is 13.2. The van der Waals surface area contributed by atoms with Gasteiger partial charge in [0.25, 0.3) is 0 Å². The summed E-state index contributed by atoms with van der Waals surface area (Å²) >= 11 is 0. The molecule has 6 heteroatoms. The molecular weight excluding hydrogens is 408 g/mol. The maximum atomic E-state index is 6.56. The van der Waals surface area contributed by atoms with Gasteiger partial charge in [-0.25, -0.2) is 0 Å². The molecule has 4 nitrogen and oxygen atoms in total. The van der Waals surface area contributed by atoms with Gasteiger partial charge in [0.15, 0.2) is 0 Å². The summed E-state index contributed by atoms with van der Waals surface area (Å²) in [5, 5.41) is 0. The molecule has 0 rings (SSSR count). The standard InChI is InChI=1S/C24H54O4Si2/c1-15-23(25-19(3,4)5,26-20(6,7)8)29-17-18-30-24(16-2,27-21(9,10)11)28-22(12,13)14/h15-18,29-30H2,1-14H3. The molecule has 0 N–H and O–H groups in total. The van der Waals surface area contributed by atoms with E-state index >= 15 is 0 Å². The molecule has 0 aliphatic rings. The second-order valence-electron chi connectivity index (χ2n) is 12.6. The molecule has 0 aromatic carbocycles. The molecule has 30 heavy (non-hydrogen) atoms. The molecule has 0 spiro atoms. The van der Waals surface area contributed by atoms with Gasteiger partial charge in [-0.3, -0.25) is 0 Å². The van der Waals surface area contributed by atoms with E-state index in [0.717, 1.165) is 12.8 Å². The highest BCUT2D eigenvalue weighted by molar-refractivity contribution is 6.45. The predicted molar refractivity (Wildman–Crippen MR) is 136 cm³/mol. The van der Waals surface area contributed by atoms with E-state index in [0.29, 0.717) is 0 Å². The fourth-order valence-electron chi connectivity index (χ4n) is 3.91. The van der Waals surface area contributed by atoms with E-state index in [2.05, 4.69) is 96.9 Å². The fraction of sp³-hybridized carbons (Fsp3) is 1.00. The van der Waals surface area contributed by atoms with Crippen LogP contribution < -0.4 is 0 Å². The van der Waals surface area contributed by atoms with Gasteiger partial charge in [0.2, 0.25) is 0 Å². The van der Waals surface area contributed by atoms with Crippen LogP contribution in [-0.4, -0.2) is 52.3 Å². The maximum Gasteiger partial charge on any atom is 0.146 e. The summed E-state index contributed by atoms with van der Waals surface area (Å²) in [6.45, 7) is 29.9. The van der Waals surface area contributed by atoms with Gasteiger partial charge in [0.1, 0.15) is 10.8 Å². The molecule has 0 aliphatic carbocycles. The first kappa shape index (κ1) is 30.3. The third kappa shape index (κ3) is 13.6. The zero-order valence-corrected chi connectivity index (χ0v) is 25.7. The van der Waals surface area contributed by atoms with Crippen LogP contribution in [0.15, 0.2) is 0 Å². The quantitative estimate of drug-likeness (QED) is 0.229. The van der Waals surface area contributed by atoms with E-state index < -0.39 is 29.9 Å². The van der Waals surface area contributed by atoms with Crippen molar-refractivity contribution in [3.05, 3.63) is 0 Å². The van der Waals surface area contributed by atoms with E-state index in [1.54, 1.807) is 0 Å². The fourth-order valence-corrected chi connectivity index (χ4v) is 9.83. The highest BCUT2D eigenvalue weighted by atomic mass is 28.2. The molecule has 182 valence electrons. The first-order valence-corrected chi connectivity index (χ1v) is 15.4. The van der Waals surface area contributed by atoms with Crippen molar-refractivity contribution in [2.45, 2.75) is 155 Å². The second kappa shape index (κ2) is 10.9. The summed E-state index contributed by atoms with van der Waals surface area (Å²) in [7, 11) is -1.24. The smallest absolute Gasteiger partial charge is 0.146 e. The lowest BCUT2D eigenvalue weighted by atomic mass is 10.1. The molecule has 0 aromatic rings. The number of hydrogen-bond acceptors (Lipinski definition) is 4. The Hall–Kier alpha value is 0.274.